The van der Waals surface area contributed by atoms with Crippen molar-refractivity contribution in [3.63, 3.8) is 0 Å². The van der Waals surface area contributed by atoms with Crippen molar-refractivity contribution in [1.82, 2.24) is 9.78 Å². The first-order chi connectivity index (χ1) is 9.54. The van der Waals surface area contributed by atoms with Crippen molar-refractivity contribution in [2.45, 2.75) is 19.9 Å². The molecule has 1 aliphatic rings. The molecular formula is C15H15N3O2. The van der Waals surface area contributed by atoms with E-state index in [9.17, 15) is 9.90 Å². The highest BCUT2D eigenvalue weighted by molar-refractivity contribution is 5.90. The van der Waals surface area contributed by atoms with Crippen molar-refractivity contribution in [3.8, 4) is 0 Å². The third-order valence-corrected chi connectivity index (χ3v) is 3.32. The van der Waals surface area contributed by atoms with Gasteiger partial charge in [0.05, 0.1) is 11.7 Å². The summed E-state index contributed by atoms with van der Waals surface area (Å²) in [5.41, 5.74) is 3.19. The number of rotatable bonds is 2. The summed E-state index contributed by atoms with van der Waals surface area (Å²) in [6.07, 6.45) is 1.69. The van der Waals surface area contributed by atoms with E-state index in [4.69, 9.17) is 0 Å². The topological polar surface area (TPSA) is 67.2 Å². The molecule has 5 nitrogen and oxygen atoms in total. The summed E-state index contributed by atoms with van der Waals surface area (Å²) in [6, 6.07) is 9.66. The maximum absolute atomic E-state index is 11.3. The molecule has 0 fully saturated rings. The molecule has 0 spiro atoms. The molecule has 2 N–H and O–H groups in total. The van der Waals surface area contributed by atoms with Crippen LogP contribution in [0.3, 0.4) is 0 Å². The molecule has 20 heavy (non-hydrogen) atoms. The minimum Gasteiger partial charge on any atom is -0.477 e. The zero-order valence-electron chi connectivity index (χ0n) is 11.3. The van der Waals surface area contributed by atoms with Crippen LogP contribution in [0.25, 0.3) is 0 Å². The van der Waals surface area contributed by atoms with E-state index in [0.717, 1.165) is 16.8 Å². The number of hydrogen-bond acceptors (Lipinski definition) is 3. The summed E-state index contributed by atoms with van der Waals surface area (Å²) in [5, 5.41) is 16.6. The lowest BCUT2D eigenvalue weighted by Gasteiger charge is -2.24. The van der Waals surface area contributed by atoms with E-state index in [-0.39, 0.29) is 11.7 Å². The third kappa shape index (κ3) is 2.07. The van der Waals surface area contributed by atoms with E-state index >= 15 is 0 Å². The number of carbonyl (C=O) groups is 1. The highest BCUT2D eigenvalue weighted by atomic mass is 16.4. The number of nitrogens with zero attached hydrogens (tertiary/aromatic N) is 2. The Bertz CT molecular complexity index is 716. The van der Waals surface area contributed by atoms with Crippen LogP contribution in [0.1, 0.15) is 22.9 Å². The average molecular weight is 269 g/mol. The summed E-state index contributed by atoms with van der Waals surface area (Å²) in [7, 11) is 0. The highest BCUT2D eigenvalue weighted by Crippen LogP contribution is 2.30. The van der Waals surface area contributed by atoms with Crippen LogP contribution < -0.4 is 5.32 Å². The van der Waals surface area contributed by atoms with Crippen LogP contribution in [0, 0.1) is 13.8 Å². The van der Waals surface area contributed by atoms with E-state index in [1.165, 1.54) is 0 Å². The first-order valence-electron chi connectivity index (χ1n) is 6.39. The molecule has 0 aliphatic carbocycles. The molecule has 1 aromatic carbocycles. The number of fused-ring (bicyclic) bond motifs is 1. The molecule has 1 aromatic heterocycles. The SMILES string of the molecule is Cc1cccc(C2C=C(C(=O)O)Nc3cc(C)nn32)c1. The maximum Gasteiger partial charge on any atom is 0.352 e. The number of anilines is 1. The minimum atomic E-state index is -0.965. The molecule has 0 bridgehead atoms. The van der Waals surface area contributed by atoms with Gasteiger partial charge in [-0.2, -0.15) is 5.10 Å². The summed E-state index contributed by atoms with van der Waals surface area (Å²) in [5.74, 6) is -0.262. The number of carboxylic acid groups (broad SMARTS) is 1. The van der Waals surface area contributed by atoms with E-state index in [2.05, 4.69) is 10.4 Å². The summed E-state index contributed by atoms with van der Waals surface area (Å²) < 4.78 is 1.82. The lowest BCUT2D eigenvalue weighted by Crippen LogP contribution is -2.23. The molecule has 3 rings (SSSR count). The van der Waals surface area contributed by atoms with Crippen LogP contribution in [0.15, 0.2) is 42.1 Å². The van der Waals surface area contributed by atoms with Gasteiger partial charge >= 0.3 is 5.97 Å². The Balaban J connectivity index is 2.14. The molecule has 1 aliphatic heterocycles. The second kappa shape index (κ2) is 4.52. The van der Waals surface area contributed by atoms with Crippen LogP contribution in [0.4, 0.5) is 5.82 Å². The Labute approximate surface area is 116 Å². The predicted molar refractivity (Wildman–Crippen MR) is 75.6 cm³/mol. The van der Waals surface area contributed by atoms with Gasteiger partial charge in [-0.25, -0.2) is 9.48 Å². The molecule has 0 radical (unpaired) electrons. The van der Waals surface area contributed by atoms with Gasteiger partial charge in [-0.15, -0.1) is 0 Å². The standard InChI is InChI=1S/C15H15N3O2/c1-9-4-3-5-11(6-9)13-8-12(15(19)20)16-14-7-10(2)17-18(13)14/h3-8,13,16H,1-2H3,(H,19,20). The number of carboxylic acids is 1. The number of aliphatic carboxylic acids is 1. The highest BCUT2D eigenvalue weighted by Gasteiger charge is 2.25. The molecule has 0 saturated heterocycles. The normalized spacial score (nSPS) is 17.1. The van der Waals surface area contributed by atoms with Gasteiger partial charge < -0.3 is 10.4 Å². The van der Waals surface area contributed by atoms with Crippen molar-refractivity contribution in [3.05, 3.63) is 58.9 Å². The number of nitrogens with one attached hydrogen (secondary N) is 1. The van der Waals surface area contributed by atoms with Crippen molar-refractivity contribution in [1.29, 1.82) is 0 Å². The van der Waals surface area contributed by atoms with Gasteiger partial charge in [-0.3, -0.25) is 0 Å². The van der Waals surface area contributed by atoms with Gasteiger partial charge in [-0.1, -0.05) is 29.8 Å². The first kappa shape index (κ1) is 12.5. The number of allylic oxidation sites excluding steroid dienone is 1. The van der Waals surface area contributed by atoms with Crippen molar-refractivity contribution in [2.24, 2.45) is 0 Å². The molecule has 102 valence electrons. The fraction of sp³-hybridized carbons (Fsp3) is 0.200. The molecule has 2 aromatic rings. The quantitative estimate of drug-likeness (QED) is 0.879. The van der Waals surface area contributed by atoms with E-state index < -0.39 is 5.97 Å². The summed E-state index contributed by atoms with van der Waals surface area (Å²) in [6.45, 7) is 3.91. The van der Waals surface area contributed by atoms with Gasteiger partial charge in [0.25, 0.3) is 0 Å². The Kier molecular flexibility index (Phi) is 2.82. The van der Waals surface area contributed by atoms with E-state index in [1.807, 2.05) is 48.9 Å². The summed E-state index contributed by atoms with van der Waals surface area (Å²) >= 11 is 0. The number of benzene rings is 1. The second-order valence-corrected chi connectivity index (χ2v) is 4.98. The van der Waals surface area contributed by atoms with Gasteiger partial charge in [0.1, 0.15) is 11.5 Å². The van der Waals surface area contributed by atoms with Crippen LogP contribution in [-0.2, 0) is 4.79 Å². The van der Waals surface area contributed by atoms with Gasteiger partial charge in [0, 0.05) is 6.07 Å². The fourth-order valence-electron chi connectivity index (χ4n) is 2.45. The number of hydrogen-bond donors (Lipinski definition) is 2. The van der Waals surface area contributed by atoms with E-state index in [1.54, 1.807) is 6.08 Å². The smallest absolute Gasteiger partial charge is 0.352 e. The Morgan fingerprint density at radius 1 is 1.35 bits per heavy atom. The number of aryl methyl sites for hydroxylation is 2. The first-order valence-corrected chi connectivity index (χ1v) is 6.39. The van der Waals surface area contributed by atoms with Crippen LogP contribution in [0.2, 0.25) is 0 Å². The zero-order chi connectivity index (χ0) is 14.3. The molecule has 2 heterocycles. The van der Waals surface area contributed by atoms with Gasteiger partial charge in [0.15, 0.2) is 0 Å². The van der Waals surface area contributed by atoms with Crippen molar-refractivity contribution in [2.75, 3.05) is 5.32 Å². The third-order valence-electron chi connectivity index (χ3n) is 3.32. The fourth-order valence-corrected chi connectivity index (χ4v) is 2.45. The zero-order valence-corrected chi connectivity index (χ0v) is 11.3. The lowest BCUT2D eigenvalue weighted by atomic mass is 10.0. The molecule has 1 unspecified atom stereocenters. The van der Waals surface area contributed by atoms with Crippen molar-refractivity contribution < 1.29 is 9.90 Å². The second-order valence-electron chi connectivity index (χ2n) is 4.98. The Morgan fingerprint density at radius 2 is 2.15 bits per heavy atom. The molecule has 0 saturated carbocycles. The lowest BCUT2D eigenvalue weighted by molar-refractivity contribution is -0.132. The Hall–Kier alpha value is -2.56. The molecular weight excluding hydrogens is 254 g/mol. The Morgan fingerprint density at radius 3 is 2.85 bits per heavy atom. The maximum atomic E-state index is 11.3. The van der Waals surface area contributed by atoms with Gasteiger partial charge in [-0.05, 0) is 25.5 Å². The largest absolute Gasteiger partial charge is 0.477 e. The molecule has 5 heteroatoms. The average Bonchev–Trinajstić information content (AvgIpc) is 2.77. The monoisotopic (exact) mass is 269 g/mol. The molecule has 0 amide bonds. The summed E-state index contributed by atoms with van der Waals surface area (Å²) in [4.78, 5) is 11.3. The van der Waals surface area contributed by atoms with Crippen LogP contribution in [-0.4, -0.2) is 20.9 Å². The predicted octanol–water partition coefficient (Wildman–Crippen LogP) is 2.48. The minimum absolute atomic E-state index is 0.184. The molecule has 1 atom stereocenters. The van der Waals surface area contributed by atoms with E-state index in [0.29, 0.717) is 5.82 Å². The van der Waals surface area contributed by atoms with Gasteiger partial charge in [0.2, 0.25) is 0 Å². The van der Waals surface area contributed by atoms with Crippen LogP contribution >= 0.6 is 0 Å². The van der Waals surface area contributed by atoms with Crippen molar-refractivity contribution >= 4 is 11.8 Å². The van der Waals surface area contributed by atoms with Crippen LogP contribution in [0.5, 0.6) is 0 Å². The number of aromatic nitrogens is 2.